The van der Waals surface area contributed by atoms with Crippen LogP contribution in [-0.4, -0.2) is 29.6 Å². The topological polar surface area (TPSA) is 64.1 Å². The lowest BCUT2D eigenvalue weighted by Crippen LogP contribution is -2.28. The number of benzene rings is 1. The first-order valence-electron chi connectivity index (χ1n) is 6.95. The van der Waals surface area contributed by atoms with Crippen LogP contribution in [0.2, 0.25) is 0 Å². The van der Waals surface area contributed by atoms with Gasteiger partial charge in [0.25, 0.3) is 0 Å². The lowest BCUT2D eigenvalue weighted by atomic mass is 10.0. The summed E-state index contributed by atoms with van der Waals surface area (Å²) in [6, 6.07) is 7.94. The molecule has 1 aliphatic heterocycles. The van der Waals surface area contributed by atoms with Crippen molar-refractivity contribution in [1.82, 2.24) is 15.3 Å². The van der Waals surface area contributed by atoms with E-state index in [0.29, 0.717) is 18.1 Å². The van der Waals surface area contributed by atoms with Crippen LogP contribution in [0.25, 0.3) is 11.4 Å². The largest absolute Gasteiger partial charge is 0.464 e. The van der Waals surface area contributed by atoms with Crippen molar-refractivity contribution >= 4 is 5.97 Å². The molecule has 2 heterocycles. The third-order valence-corrected chi connectivity index (χ3v) is 3.59. The fraction of sp³-hybridized carbons (Fsp3) is 0.312. The quantitative estimate of drug-likeness (QED) is 0.853. The summed E-state index contributed by atoms with van der Waals surface area (Å²) in [5.74, 6) is 0.172. The van der Waals surface area contributed by atoms with Gasteiger partial charge in [0, 0.05) is 17.7 Å². The van der Waals surface area contributed by atoms with Crippen molar-refractivity contribution < 1.29 is 9.53 Å². The Morgan fingerprint density at radius 3 is 2.95 bits per heavy atom. The number of rotatable bonds is 2. The zero-order valence-electron chi connectivity index (χ0n) is 12.1. The molecule has 0 unspecified atom stereocenters. The van der Waals surface area contributed by atoms with E-state index in [1.54, 1.807) is 0 Å². The lowest BCUT2D eigenvalue weighted by Gasteiger charge is -2.19. The summed E-state index contributed by atoms with van der Waals surface area (Å²) in [5, 5.41) is 3.27. The molecule has 0 fully saturated rings. The molecule has 5 nitrogen and oxygen atoms in total. The van der Waals surface area contributed by atoms with E-state index in [1.165, 1.54) is 7.11 Å². The van der Waals surface area contributed by atoms with Gasteiger partial charge in [0.15, 0.2) is 11.5 Å². The van der Waals surface area contributed by atoms with Gasteiger partial charge in [-0.2, -0.15) is 0 Å². The van der Waals surface area contributed by atoms with Crippen molar-refractivity contribution in [3.63, 3.8) is 0 Å². The number of aryl methyl sites for hydroxylation is 1. The number of aromatic nitrogens is 2. The molecule has 0 saturated heterocycles. The Morgan fingerprint density at radius 1 is 1.33 bits per heavy atom. The van der Waals surface area contributed by atoms with E-state index < -0.39 is 5.97 Å². The molecule has 1 aliphatic rings. The number of hydrogen-bond donors (Lipinski definition) is 1. The van der Waals surface area contributed by atoms with Gasteiger partial charge in [0.05, 0.1) is 12.8 Å². The first-order chi connectivity index (χ1) is 10.2. The number of carbonyl (C=O) groups excluding carboxylic acids is 1. The molecular formula is C16H17N3O2. The average molecular weight is 283 g/mol. The van der Waals surface area contributed by atoms with Gasteiger partial charge >= 0.3 is 5.97 Å². The summed E-state index contributed by atoms with van der Waals surface area (Å²) in [7, 11) is 1.38. The number of nitrogens with one attached hydrogen (secondary N) is 1. The molecule has 2 aromatic rings. The lowest BCUT2D eigenvalue weighted by molar-refractivity contribution is 0.0592. The van der Waals surface area contributed by atoms with Crippen molar-refractivity contribution in [3.8, 4) is 11.4 Å². The number of nitrogens with zero attached hydrogens (tertiary/aromatic N) is 2. The predicted molar refractivity (Wildman–Crippen MR) is 79.0 cm³/mol. The summed E-state index contributed by atoms with van der Waals surface area (Å²) < 4.78 is 4.87. The summed E-state index contributed by atoms with van der Waals surface area (Å²) >= 11 is 0. The Kier molecular flexibility index (Phi) is 3.66. The molecule has 0 atom stereocenters. The smallest absolute Gasteiger partial charge is 0.357 e. The van der Waals surface area contributed by atoms with Gasteiger partial charge in [0.1, 0.15) is 0 Å². The number of hydrogen-bond acceptors (Lipinski definition) is 5. The van der Waals surface area contributed by atoms with Crippen LogP contribution < -0.4 is 5.32 Å². The van der Waals surface area contributed by atoms with Gasteiger partial charge in [0.2, 0.25) is 0 Å². The van der Waals surface area contributed by atoms with E-state index >= 15 is 0 Å². The molecule has 0 aliphatic carbocycles. The molecule has 108 valence electrons. The molecule has 0 saturated carbocycles. The van der Waals surface area contributed by atoms with Crippen LogP contribution in [-0.2, 0) is 17.7 Å². The molecule has 1 N–H and O–H groups in total. The number of methoxy groups -OCH3 is 1. The Labute approximate surface area is 123 Å². The molecular weight excluding hydrogens is 266 g/mol. The van der Waals surface area contributed by atoms with E-state index in [1.807, 2.05) is 31.2 Å². The molecule has 1 aromatic carbocycles. The van der Waals surface area contributed by atoms with E-state index in [-0.39, 0.29) is 0 Å². The van der Waals surface area contributed by atoms with Gasteiger partial charge in [-0.15, -0.1) is 0 Å². The highest BCUT2D eigenvalue weighted by atomic mass is 16.5. The van der Waals surface area contributed by atoms with Gasteiger partial charge in [-0.05, 0) is 26.0 Å². The summed E-state index contributed by atoms with van der Waals surface area (Å²) in [4.78, 5) is 21.1. The maximum atomic E-state index is 12.0. The molecule has 5 heteroatoms. The van der Waals surface area contributed by atoms with E-state index in [2.05, 4.69) is 15.3 Å². The molecule has 0 amide bonds. The van der Waals surface area contributed by atoms with Crippen LogP contribution in [0.4, 0.5) is 0 Å². The zero-order valence-corrected chi connectivity index (χ0v) is 12.1. The summed E-state index contributed by atoms with van der Waals surface area (Å²) in [5.41, 5.74) is 4.21. The molecule has 21 heavy (non-hydrogen) atoms. The van der Waals surface area contributed by atoms with Gasteiger partial charge in [-0.3, -0.25) is 0 Å². The molecule has 1 aromatic heterocycles. The maximum absolute atomic E-state index is 12.0. The second-order valence-electron chi connectivity index (χ2n) is 5.11. The predicted octanol–water partition coefficient (Wildman–Crippen LogP) is 1.88. The van der Waals surface area contributed by atoms with Crippen LogP contribution in [0.15, 0.2) is 24.3 Å². The molecule has 0 bridgehead atoms. The fourth-order valence-corrected chi connectivity index (χ4v) is 2.54. The van der Waals surface area contributed by atoms with Crippen LogP contribution in [0.1, 0.15) is 27.3 Å². The second-order valence-corrected chi connectivity index (χ2v) is 5.11. The highest BCUT2D eigenvalue weighted by Crippen LogP contribution is 2.22. The summed E-state index contributed by atoms with van der Waals surface area (Å²) in [6.45, 7) is 3.50. The minimum absolute atomic E-state index is 0.389. The first-order valence-corrected chi connectivity index (χ1v) is 6.95. The third-order valence-electron chi connectivity index (χ3n) is 3.59. The van der Waals surface area contributed by atoms with Crippen molar-refractivity contribution in [2.24, 2.45) is 0 Å². The Hall–Kier alpha value is -2.27. The van der Waals surface area contributed by atoms with Gasteiger partial charge < -0.3 is 10.1 Å². The Bertz CT molecular complexity index is 698. The van der Waals surface area contributed by atoms with Gasteiger partial charge in [-0.25, -0.2) is 14.8 Å². The zero-order chi connectivity index (χ0) is 14.8. The van der Waals surface area contributed by atoms with Crippen LogP contribution in [0, 0.1) is 6.92 Å². The molecule has 0 spiro atoms. The first kappa shape index (κ1) is 13.7. The number of esters is 1. The van der Waals surface area contributed by atoms with Crippen molar-refractivity contribution in [1.29, 1.82) is 0 Å². The van der Waals surface area contributed by atoms with Crippen LogP contribution in [0.5, 0.6) is 0 Å². The van der Waals surface area contributed by atoms with E-state index in [9.17, 15) is 4.79 Å². The van der Waals surface area contributed by atoms with E-state index in [0.717, 1.165) is 35.3 Å². The minimum Gasteiger partial charge on any atom is -0.464 e. The maximum Gasteiger partial charge on any atom is 0.357 e. The fourth-order valence-electron chi connectivity index (χ4n) is 2.54. The SMILES string of the molecule is COC(=O)c1nc(-c2cccc(C)c2)nc2c1CCNC2. The minimum atomic E-state index is -0.399. The van der Waals surface area contributed by atoms with Crippen molar-refractivity contribution in [2.45, 2.75) is 19.9 Å². The Morgan fingerprint density at radius 2 is 2.19 bits per heavy atom. The van der Waals surface area contributed by atoms with Crippen molar-refractivity contribution in [2.75, 3.05) is 13.7 Å². The molecule has 3 rings (SSSR count). The van der Waals surface area contributed by atoms with Crippen molar-refractivity contribution in [3.05, 3.63) is 46.8 Å². The standard InChI is InChI=1S/C16H17N3O2/c1-10-4-3-5-11(8-10)15-18-13-9-17-7-6-12(13)14(19-15)16(20)21-2/h3-5,8,17H,6-7,9H2,1-2H3. The normalized spacial score (nSPS) is 13.6. The number of fused-ring (bicyclic) bond motifs is 1. The number of carbonyl (C=O) groups is 1. The number of ether oxygens (including phenoxy) is 1. The third kappa shape index (κ3) is 2.64. The van der Waals surface area contributed by atoms with Gasteiger partial charge in [-0.1, -0.05) is 23.8 Å². The summed E-state index contributed by atoms with van der Waals surface area (Å²) in [6.07, 6.45) is 0.744. The monoisotopic (exact) mass is 283 g/mol. The molecule has 0 radical (unpaired) electrons. The average Bonchev–Trinajstić information content (AvgIpc) is 2.53. The van der Waals surface area contributed by atoms with Crippen LogP contribution >= 0.6 is 0 Å². The highest BCUT2D eigenvalue weighted by Gasteiger charge is 2.22. The highest BCUT2D eigenvalue weighted by molar-refractivity contribution is 5.89. The van der Waals surface area contributed by atoms with Crippen LogP contribution in [0.3, 0.4) is 0 Å². The second kappa shape index (κ2) is 5.61. The van der Waals surface area contributed by atoms with E-state index in [4.69, 9.17) is 4.74 Å². The Balaban J connectivity index is 2.16.